The Morgan fingerprint density at radius 1 is 1.31 bits per heavy atom. The summed E-state index contributed by atoms with van der Waals surface area (Å²) in [5.41, 5.74) is 5.35. The molecule has 6 heteroatoms. The molecule has 1 rings (SSSR count). The fraction of sp³-hybridized carbons (Fsp3) is 1.00. The monoisotopic (exact) mass is 249 g/mol. The lowest BCUT2D eigenvalue weighted by Gasteiger charge is -2.29. The maximum absolute atomic E-state index is 11.8. The summed E-state index contributed by atoms with van der Waals surface area (Å²) in [5.74, 6) is 0.642. The summed E-state index contributed by atoms with van der Waals surface area (Å²) >= 11 is 0. The smallest absolute Gasteiger partial charge is 0.279 e. The van der Waals surface area contributed by atoms with E-state index in [2.05, 4.69) is 11.6 Å². The highest BCUT2D eigenvalue weighted by atomic mass is 32.2. The molecule has 1 saturated heterocycles. The Morgan fingerprint density at radius 3 is 2.50 bits per heavy atom. The van der Waals surface area contributed by atoms with Gasteiger partial charge in [-0.2, -0.15) is 12.7 Å². The molecule has 1 aliphatic rings. The summed E-state index contributed by atoms with van der Waals surface area (Å²) in [6.07, 6.45) is 3.59. The zero-order chi connectivity index (χ0) is 12.0. The van der Waals surface area contributed by atoms with E-state index in [9.17, 15) is 8.42 Å². The van der Waals surface area contributed by atoms with E-state index >= 15 is 0 Å². The van der Waals surface area contributed by atoms with Crippen molar-refractivity contribution in [1.82, 2.24) is 9.03 Å². The van der Waals surface area contributed by atoms with Crippen LogP contribution in [0.3, 0.4) is 0 Å². The van der Waals surface area contributed by atoms with Crippen molar-refractivity contribution in [2.24, 2.45) is 11.7 Å². The number of rotatable bonds is 6. The number of nitrogens with one attached hydrogen (secondary N) is 1. The SMILES string of the molecule is CC1CCN(S(=O)(=O)NCCCCN)CC1. The molecule has 96 valence electrons. The number of hydrogen-bond acceptors (Lipinski definition) is 3. The molecule has 0 unspecified atom stereocenters. The zero-order valence-electron chi connectivity index (χ0n) is 9.98. The van der Waals surface area contributed by atoms with E-state index in [0.717, 1.165) is 25.7 Å². The predicted octanol–water partition coefficient (Wildman–Crippen LogP) is 0.292. The molecule has 0 aliphatic carbocycles. The molecule has 0 atom stereocenters. The Kier molecular flexibility index (Phi) is 5.68. The molecule has 0 saturated carbocycles. The van der Waals surface area contributed by atoms with E-state index in [-0.39, 0.29) is 0 Å². The van der Waals surface area contributed by atoms with Gasteiger partial charge in [-0.1, -0.05) is 6.92 Å². The van der Waals surface area contributed by atoms with Crippen molar-refractivity contribution < 1.29 is 8.42 Å². The van der Waals surface area contributed by atoms with Crippen LogP contribution in [0.5, 0.6) is 0 Å². The molecule has 1 aliphatic heterocycles. The van der Waals surface area contributed by atoms with Gasteiger partial charge in [-0.05, 0) is 38.1 Å². The quantitative estimate of drug-likeness (QED) is 0.664. The Hall–Kier alpha value is -0.170. The predicted molar refractivity (Wildman–Crippen MR) is 65.2 cm³/mol. The van der Waals surface area contributed by atoms with E-state index in [1.807, 2.05) is 0 Å². The lowest BCUT2D eigenvalue weighted by Crippen LogP contribution is -2.44. The Labute approximate surface area is 98.6 Å². The average molecular weight is 249 g/mol. The minimum atomic E-state index is -3.24. The van der Waals surface area contributed by atoms with Crippen LogP contribution < -0.4 is 10.5 Å². The van der Waals surface area contributed by atoms with E-state index in [4.69, 9.17) is 5.73 Å². The second kappa shape index (κ2) is 6.54. The van der Waals surface area contributed by atoms with Gasteiger partial charge in [0.2, 0.25) is 0 Å². The van der Waals surface area contributed by atoms with Crippen molar-refractivity contribution in [3.8, 4) is 0 Å². The van der Waals surface area contributed by atoms with Crippen molar-refractivity contribution in [3.63, 3.8) is 0 Å². The van der Waals surface area contributed by atoms with Crippen LogP contribution in [0.4, 0.5) is 0 Å². The van der Waals surface area contributed by atoms with E-state index in [1.54, 1.807) is 4.31 Å². The molecule has 0 aromatic carbocycles. The van der Waals surface area contributed by atoms with Gasteiger partial charge < -0.3 is 5.73 Å². The third-order valence-electron chi connectivity index (χ3n) is 3.00. The summed E-state index contributed by atoms with van der Waals surface area (Å²) < 4.78 is 27.8. The highest BCUT2D eigenvalue weighted by Gasteiger charge is 2.25. The van der Waals surface area contributed by atoms with Crippen LogP contribution in [0.25, 0.3) is 0 Å². The molecule has 0 amide bonds. The van der Waals surface area contributed by atoms with E-state index in [1.165, 1.54) is 0 Å². The molecule has 0 aromatic heterocycles. The van der Waals surface area contributed by atoms with Gasteiger partial charge in [-0.25, -0.2) is 4.72 Å². The van der Waals surface area contributed by atoms with Gasteiger partial charge in [0.1, 0.15) is 0 Å². The highest BCUT2D eigenvalue weighted by Crippen LogP contribution is 2.17. The summed E-state index contributed by atoms with van der Waals surface area (Å²) in [4.78, 5) is 0. The molecule has 5 nitrogen and oxygen atoms in total. The first-order valence-electron chi connectivity index (χ1n) is 6.01. The van der Waals surface area contributed by atoms with Gasteiger partial charge in [0, 0.05) is 19.6 Å². The largest absolute Gasteiger partial charge is 0.330 e. The molecule has 0 spiro atoms. The maximum atomic E-state index is 11.8. The minimum absolute atomic E-state index is 0.492. The summed E-state index contributed by atoms with van der Waals surface area (Å²) in [6.45, 7) is 4.56. The normalized spacial score (nSPS) is 20.1. The topological polar surface area (TPSA) is 75.4 Å². The molecular weight excluding hydrogens is 226 g/mol. The Morgan fingerprint density at radius 2 is 1.94 bits per heavy atom. The number of hydrogen-bond donors (Lipinski definition) is 2. The molecule has 1 heterocycles. The van der Waals surface area contributed by atoms with Crippen molar-refractivity contribution in [2.45, 2.75) is 32.6 Å². The van der Waals surface area contributed by atoms with Crippen molar-refractivity contribution in [3.05, 3.63) is 0 Å². The van der Waals surface area contributed by atoms with Crippen LogP contribution in [-0.2, 0) is 10.2 Å². The number of piperidine rings is 1. The number of nitrogens with zero attached hydrogens (tertiary/aromatic N) is 1. The first kappa shape index (κ1) is 13.9. The van der Waals surface area contributed by atoms with Crippen molar-refractivity contribution >= 4 is 10.2 Å². The van der Waals surface area contributed by atoms with Gasteiger partial charge >= 0.3 is 0 Å². The van der Waals surface area contributed by atoms with Crippen LogP contribution in [0.15, 0.2) is 0 Å². The molecule has 1 fully saturated rings. The molecule has 3 N–H and O–H groups in total. The van der Waals surface area contributed by atoms with Gasteiger partial charge in [0.25, 0.3) is 10.2 Å². The second-order valence-electron chi connectivity index (χ2n) is 4.48. The molecular formula is C10H23N3O2S. The highest BCUT2D eigenvalue weighted by molar-refractivity contribution is 7.87. The number of nitrogens with two attached hydrogens (primary N) is 1. The van der Waals surface area contributed by atoms with Gasteiger partial charge in [0.05, 0.1) is 0 Å². The van der Waals surface area contributed by atoms with Gasteiger partial charge in [-0.15, -0.1) is 0 Å². The average Bonchev–Trinajstić information content (AvgIpc) is 2.25. The molecule has 0 radical (unpaired) electrons. The molecule has 0 aromatic rings. The lowest BCUT2D eigenvalue weighted by molar-refractivity contribution is 0.285. The van der Waals surface area contributed by atoms with Crippen LogP contribution in [0.1, 0.15) is 32.6 Å². The van der Waals surface area contributed by atoms with Crippen LogP contribution in [0.2, 0.25) is 0 Å². The fourth-order valence-corrected chi connectivity index (χ4v) is 3.06. The summed E-state index contributed by atoms with van der Waals surface area (Å²) in [5, 5.41) is 0. The summed E-state index contributed by atoms with van der Waals surface area (Å²) in [6, 6.07) is 0. The van der Waals surface area contributed by atoms with Crippen LogP contribution >= 0.6 is 0 Å². The first-order valence-corrected chi connectivity index (χ1v) is 7.45. The Bertz CT molecular complexity index is 284. The second-order valence-corrected chi connectivity index (χ2v) is 6.23. The van der Waals surface area contributed by atoms with Crippen molar-refractivity contribution in [1.29, 1.82) is 0 Å². The fourth-order valence-electron chi connectivity index (χ4n) is 1.79. The molecule has 16 heavy (non-hydrogen) atoms. The Balaban J connectivity index is 2.33. The number of unbranched alkanes of at least 4 members (excludes halogenated alkanes) is 1. The third kappa shape index (κ3) is 4.37. The van der Waals surface area contributed by atoms with E-state index < -0.39 is 10.2 Å². The standard InChI is InChI=1S/C10H23N3O2S/c1-10-4-8-13(9-5-10)16(14,15)12-7-3-2-6-11/h10,12H,2-9,11H2,1H3. The minimum Gasteiger partial charge on any atom is -0.330 e. The van der Waals surface area contributed by atoms with Gasteiger partial charge in [-0.3, -0.25) is 0 Å². The first-order chi connectivity index (χ1) is 7.56. The van der Waals surface area contributed by atoms with E-state index in [0.29, 0.717) is 32.1 Å². The van der Waals surface area contributed by atoms with Crippen LogP contribution in [-0.4, -0.2) is 38.9 Å². The van der Waals surface area contributed by atoms with Crippen molar-refractivity contribution in [2.75, 3.05) is 26.2 Å². The van der Waals surface area contributed by atoms with Crippen LogP contribution in [0, 0.1) is 5.92 Å². The third-order valence-corrected chi connectivity index (χ3v) is 4.61. The maximum Gasteiger partial charge on any atom is 0.279 e. The lowest BCUT2D eigenvalue weighted by atomic mass is 10.0. The molecule has 0 bridgehead atoms. The summed E-state index contributed by atoms with van der Waals surface area (Å²) in [7, 11) is -3.24. The zero-order valence-corrected chi connectivity index (χ0v) is 10.8. The van der Waals surface area contributed by atoms with Gasteiger partial charge in [0.15, 0.2) is 0 Å².